The molecule has 104 valence electrons. The summed E-state index contributed by atoms with van der Waals surface area (Å²) in [7, 11) is 0. The Labute approximate surface area is 115 Å². The molecule has 0 aliphatic carbocycles. The van der Waals surface area contributed by atoms with Crippen LogP contribution in [-0.4, -0.2) is 54.0 Å². The maximum Gasteiger partial charge on any atom is 0.318 e. The second-order valence-corrected chi connectivity index (χ2v) is 3.51. The van der Waals surface area contributed by atoms with Gasteiger partial charge in [-0.2, -0.15) is 25.3 Å². The predicted molar refractivity (Wildman–Crippen MR) is 66.3 cm³/mol. The van der Waals surface area contributed by atoms with E-state index in [9.17, 15) is 14.4 Å². The lowest BCUT2D eigenvalue weighted by Crippen LogP contribution is -2.29. The van der Waals surface area contributed by atoms with Gasteiger partial charge in [-0.05, 0) is 0 Å². The van der Waals surface area contributed by atoms with E-state index < -0.39 is 30.6 Å². The molecule has 0 unspecified atom stereocenters. The summed E-state index contributed by atoms with van der Waals surface area (Å²) in [5, 5.41) is 8.45. The molecule has 0 atom stereocenters. The monoisotopic (exact) mass is 298 g/mol. The highest BCUT2D eigenvalue weighted by Crippen LogP contribution is 2.05. The van der Waals surface area contributed by atoms with E-state index in [1.54, 1.807) is 0 Å². The summed E-state index contributed by atoms with van der Waals surface area (Å²) >= 11 is 7.34. The topological polar surface area (TPSA) is 99.1 Å². The minimum absolute atomic E-state index is 0.188. The predicted octanol–water partition coefficient (Wildman–Crippen LogP) is -0.816. The van der Waals surface area contributed by atoms with Crippen molar-refractivity contribution in [2.75, 3.05) is 24.7 Å². The Bertz CT molecular complexity index is 277. The molecule has 0 fully saturated rings. The van der Waals surface area contributed by atoms with Crippen LogP contribution in [0.2, 0.25) is 0 Å². The van der Waals surface area contributed by atoms with E-state index in [1.807, 2.05) is 0 Å². The van der Waals surface area contributed by atoms with Crippen molar-refractivity contribution in [1.29, 1.82) is 0 Å². The Morgan fingerprint density at radius 3 is 1.89 bits per heavy atom. The molecule has 0 bridgehead atoms. The van der Waals surface area contributed by atoms with Crippen LogP contribution in [0, 0.1) is 0 Å². The van der Waals surface area contributed by atoms with E-state index in [0.29, 0.717) is 0 Å². The zero-order valence-electron chi connectivity index (χ0n) is 9.40. The van der Waals surface area contributed by atoms with Gasteiger partial charge < -0.3 is 19.3 Å². The molecule has 0 aromatic carbocycles. The zero-order valence-corrected chi connectivity index (χ0v) is 11.2. The van der Waals surface area contributed by atoms with Crippen LogP contribution in [0.3, 0.4) is 0 Å². The van der Waals surface area contributed by atoms with Crippen molar-refractivity contribution in [2.24, 2.45) is 0 Å². The summed E-state index contributed by atoms with van der Waals surface area (Å²) in [6.45, 7) is -0.518. The molecule has 0 saturated carbocycles. The maximum atomic E-state index is 11.2. The van der Waals surface area contributed by atoms with E-state index in [4.69, 9.17) is 5.11 Å². The molecule has 0 spiro atoms. The van der Waals surface area contributed by atoms with Gasteiger partial charge in [-0.3, -0.25) is 14.4 Å². The van der Waals surface area contributed by atoms with Crippen LogP contribution in [-0.2, 0) is 28.6 Å². The van der Waals surface area contributed by atoms with Crippen LogP contribution in [0.15, 0.2) is 0 Å². The first-order valence-electron chi connectivity index (χ1n) is 4.90. The highest BCUT2D eigenvalue weighted by atomic mass is 32.1. The summed E-state index contributed by atoms with van der Waals surface area (Å²) in [5.74, 6) is -2.70. The Balaban J connectivity index is 4.31. The van der Waals surface area contributed by atoms with Crippen LogP contribution in [0.5, 0.6) is 0 Å². The van der Waals surface area contributed by atoms with E-state index in [0.717, 1.165) is 0 Å². The lowest BCUT2D eigenvalue weighted by molar-refractivity contribution is -0.188. The molecule has 0 rings (SSSR count). The van der Waals surface area contributed by atoms with E-state index >= 15 is 0 Å². The maximum absolute atomic E-state index is 11.2. The number of esters is 3. The molecule has 0 amide bonds. The van der Waals surface area contributed by atoms with Gasteiger partial charge in [-0.15, -0.1) is 0 Å². The number of carbonyl (C=O) groups excluding carboxylic acids is 3. The summed E-state index contributed by atoms with van der Waals surface area (Å²) in [6.07, 6.45) is -1.84. The van der Waals surface area contributed by atoms with Crippen molar-refractivity contribution in [1.82, 2.24) is 0 Å². The number of aliphatic hydroxyl groups is 1. The molecule has 0 saturated heterocycles. The lowest BCUT2D eigenvalue weighted by Gasteiger charge is -2.16. The van der Waals surface area contributed by atoms with Gasteiger partial charge in [0, 0.05) is 0 Å². The molecule has 0 aromatic rings. The fraction of sp³-hybridized carbons (Fsp3) is 0.667. The molecule has 7 nitrogen and oxygen atoms in total. The first-order chi connectivity index (χ1) is 8.53. The van der Waals surface area contributed by atoms with Crippen LogP contribution >= 0.6 is 25.3 Å². The van der Waals surface area contributed by atoms with Crippen molar-refractivity contribution >= 4 is 43.2 Å². The summed E-state index contributed by atoms with van der Waals surface area (Å²) in [5.41, 5.74) is 0. The number of hydrogen-bond acceptors (Lipinski definition) is 9. The molecule has 0 radical (unpaired) electrons. The van der Waals surface area contributed by atoms with Crippen LogP contribution < -0.4 is 0 Å². The van der Waals surface area contributed by atoms with Gasteiger partial charge in [0.25, 0.3) is 6.29 Å². The van der Waals surface area contributed by atoms with Gasteiger partial charge in [-0.25, -0.2) is 0 Å². The summed E-state index contributed by atoms with van der Waals surface area (Å²) in [6, 6.07) is 0. The molecular weight excluding hydrogens is 284 g/mol. The van der Waals surface area contributed by atoms with Crippen molar-refractivity contribution in [2.45, 2.75) is 12.7 Å². The Morgan fingerprint density at radius 2 is 1.50 bits per heavy atom. The van der Waals surface area contributed by atoms with Crippen molar-refractivity contribution in [3.63, 3.8) is 0 Å². The second-order valence-electron chi connectivity index (χ2n) is 2.87. The molecule has 0 aliphatic rings. The highest BCUT2D eigenvalue weighted by molar-refractivity contribution is 7.81. The van der Waals surface area contributed by atoms with E-state index in [2.05, 4.69) is 39.5 Å². The minimum Gasteiger partial charge on any atom is -0.463 e. The van der Waals surface area contributed by atoms with Crippen LogP contribution in [0.4, 0.5) is 0 Å². The third-order valence-electron chi connectivity index (χ3n) is 1.47. The average Bonchev–Trinajstić information content (AvgIpc) is 2.35. The van der Waals surface area contributed by atoms with Crippen molar-refractivity contribution < 1.29 is 33.7 Å². The average molecular weight is 298 g/mol. The quantitative estimate of drug-likeness (QED) is 0.306. The number of carbonyl (C=O) groups is 3. The second kappa shape index (κ2) is 10.0. The first-order valence-corrected chi connectivity index (χ1v) is 6.17. The first kappa shape index (κ1) is 17.1. The molecule has 1 N–H and O–H groups in total. The number of thiol groups is 2. The highest BCUT2D eigenvalue weighted by Gasteiger charge is 2.22. The molecule has 0 heterocycles. The molecular formula is C9H14O7S2. The number of rotatable bonds is 8. The van der Waals surface area contributed by atoms with Crippen molar-refractivity contribution in [3.05, 3.63) is 0 Å². The SMILES string of the molecule is O=C(CC(OC(=O)CS)OC(=O)CS)OCCO. The molecule has 9 heteroatoms. The van der Waals surface area contributed by atoms with Gasteiger partial charge in [0.1, 0.15) is 13.0 Å². The Kier molecular flexibility index (Phi) is 9.52. The Morgan fingerprint density at radius 1 is 1.00 bits per heavy atom. The standard InChI is InChI=1S/C9H14O7S2/c10-1-2-14-6(11)3-9(15-7(12)4-17)16-8(13)5-18/h9-10,17-18H,1-5H2. The van der Waals surface area contributed by atoms with E-state index in [-0.39, 0.29) is 24.7 Å². The summed E-state index contributed by atoms with van der Waals surface area (Å²) < 4.78 is 13.9. The minimum atomic E-state index is -1.38. The smallest absolute Gasteiger partial charge is 0.318 e. The fourth-order valence-corrected chi connectivity index (χ4v) is 0.979. The normalized spacial score (nSPS) is 10.0. The molecule has 0 aromatic heterocycles. The van der Waals surface area contributed by atoms with Gasteiger partial charge in [-0.1, -0.05) is 0 Å². The third kappa shape index (κ3) is 8.20. The van der Waals surface area contributed by atoms with Crippen LogP contribution in [0.25, 0.3) is 0 Å². The van der Waals surface area contributed by atoms with Crippen LogP contribution in [0.1, 0.15) is 6.42 Å². The van der Waals surface area contributed by atoms with Gasteiger partial charge in [0.05, 0.1) is 18.1 Å². The van der Waals surface area contributed by atoms with E-state index in [1.165, 1.54) is 0 Å². The molecule has 0 aliphatic heterocycles. The number of ether oxygens (including phenoxy) is 3. The lowest BCUT2D eigenvalue weighted by atomic mass is 10.4. The van der Waals surface area contributed by atoms with Gasteiger partial charge >= 0.3 is 17.9 Å². The molecule has 18 heavy (non-hydrogen) atoms. The zero-order chi connectivity index (χ0) is 14.0. The largest absolute Gasteiger partial charge is 0.463 e. The third-order valence-corrected chi connectivity index (χ3v) is 1.99. The van der Waals surface area contributed by atoms with Gasteiger partial charge in [0.15, 0.2) is 0 Å². The van der Waals surface area contributed by atoms with Crippen molar-refractivity contribution in [3.8, 4) is 0 Å². The van der Waals surface area contributed by atoms with Gasteiger partial charge in [0.2, 0.25) is 0 Å². The number of hydrogen-bond donors (Lipinski definition) is 3. The fourth-order valence-electron chi connectivity index (χ4n) is 0.830. The summed E-state index contributed by atoms with van der Waals surface area (Å²) in [4.78, 5) is 33.2. The number of aliphatic hydroxyl groups excluding tert-OH is 1. The Hall–Kier alpha value is -0.930.